The first-order chi connectivity index (χ1) is 10.6. The number of carbonyl (C=O) groups is 2. The van der Waals surface area contributed by atoms with Crippen molar-refractivity contribution in [3.8, 4) is 0 Å². The first-order valence-corrected chi connectivity index (χ1v) is 7.08. The number of hydrogen-bond donors (Lipinski definition) is 3. The summed E-state index contributed by atoms with van der Waals surface area (Å²) in [6, 6.07) is 14.0. The molecule has 0 aromatic heterocycles. The van der Waals surface area contributed by atoms with Crippen LogP contribution < -0.4 is 16.4 Å². The van der Waals surface area contributed by atoms with E-state index in [1.165, 1.54) is 0 Å². The summed E-state index contributed by atoms with van der Waals surface area (Å²) in [6.45, 7) is 0.465. The van der Waals surface area contributed by atoms with Gasteiger partial charge in [-0.25, -0.2) is 0 Å². The molecule has 114 valence electrons. The van der Waals surface area contributed by atoms with Crippen LogP contribution >= 0.6 is 11.6 Å². The molecule has 2 aromatic carbocycles. The first kappa shape index (κ1) is 15.9. The maximum atomic E-state index is 11.8. The van der Waals surface area contributed by atoms with Gasteiger partial charge in [0.05, 0.1) is 12.1 Å². The molecule has 0 aliphatic heterocycles. The van der Waals surface area contributed by atoms with Crippen LogP contribution in [0.15, 0.2) is 48.5 Å². The molecule has 2 amide bonds. The van der Waals surface area contributed by atoms with Gasteiger partial charge in [-0.3, -0.25) is 9.59 Å². The van der Waals surface area contributed by atoms with Crippen molar-refractivity contribution in [2.45, 2.75) is 6.54 Å². The second-order valence-corrected chi connectivity index (χ2v) is 5.10. The number of rotatable bonds is 6. The zero-order valence-electron chi connectivity index (χ0n) is 11.8. The Morgan fingerprint density at radius 3 is 2.41 bits per heavy atom. The lowest BCUT2D eigenvalue weighted by Crippen LogP contribution is -2.30. The normalized spacial score (nSPS) is 10.0. The zero-order valence-corrected chi connectivity index (χ0v) is 12.6. The van der Waals surface area contributed by atoms with Crippen LogP contribution in [0.5, 0.6) is 0 Å². The van der Waals surface area contributed by atoms with Crippen LogP contribution in [0.25, 0.3) is 0 Å². The third-order valence-electron chi connectivity index (χ3n) is 3.03. The van der Waals surface area contributed by atoms with Crippen molar-refractivity contribution in [1.82, 2.24) is 5.32 Å². The van der Waals surface area contributed by atoms with E-state index >= 15 is 0 Å². The molecule has 0 aliphatic rings. The summed E-state index contributed by atoms with van der Waals surface area (Å²) in [6.07, 6.45) is 0. The highest BCUT2D eigenvalue weighted by molar-refractivity contribution is 6.30. The number of para-hydroxylation sites is 1. The molecular weight excluding hydrogens is 302 g/mol. The first-order valence-electron chi connectivity index (χ1n) is 6.70. The van der Waals surface area contributed by atoms with E-state index in [4.69, 9.17) is 17.3 Å². The van der Waals surface area contributed by atoms with Crippen LogP contribution in [0, 0.1) is 0 Å². The quantitative estimate of drug-likeness (QED) is 0.763. The highest BCUT2D eigenvalue weighted by Crippen LogP contribution is 2.13. The number of nitrogens with one attached hydrogen (secondary N) is 2. The molecular formula is C16H16ClN3O2. The molecule has 0 radical (unpaired) electrons. The maximum absolute atomic E-state index is 11.8. The van der Waals surface area contributed by atoms with E-state index in [0.717, 1.165) is 5.56 Å². The maximum Gasteiger partial charge on any atom is 0.250 e. The fourth-order valence-corrected chi connectivity index (χ4v) is 2.02. The molecule has 0 unspecified atom stereocenters. The standard InChI is InChI=1S/C16H16ClN3O2/c17-12-7-5-11(6-8-12)9-20-15(21)10-19-14-4-2-1-3-13(14)16(18)22/h1-8,19H,9-10H2,(H2,18,22)(H,20,21). The highest BCUT2D eigenvalue weighted by Gasteiger charge is 2.08. The molecule has 0 heterocycles. The number of benzene rings is 2. The van der Waals surface area contributed by atoms with Crippen molar-refractivity contribution < 1.29 is 9.59 Å². The van der Waals surface area contributed by atoms with Crippen molar-refractivity contribution in [1.29, 1.82) is 0 Å². The predicted molar refractivity (Wildman–Crippen MR) is 86.7 cm³/mol. The van der Waals surface area contributed by atoms with Crippen LogP contribution in [0.3, 0.4) is 0 Å². The smallest absolute Gasteiger partial charge is 0.250 e. The Balaban J connectivity index is 1.85. The van der Waals surface area contributed by atoms with E-state index in [9.17, 15) is 9.59 Å². The van der Waals surface area contributed by atoms with Crippen molar-refractivity contribution in [3.63, 3.8) is 0 Å². The SMILES string of the molecule is NC(=O)c1ccccc1NCC(=O)NCc1ccc(Cl)cc1. The molecule has 0 spiro atoms. The Labute approximate surface area is 133 Å². The number of carbonyl (C=O) groups excluding carboxylic acids is 2. The van der Waals surface area contributed by atoms with Gasteiger partial charge in [0.1, 0.15) is 0 Å². The van der Waals surface area contributed by atoms with Crippen LogP contribution in [0.4, 0.5) is 5.69 Å². The van der Waals surface area contributed by atoms with Crippen LogP contribution in [0.1, 0.15) is 15.9 Å². The molecule has 0 saturated heterocycles. The predicted octanol–water partition coefficient (Wildman–Crippen LogP) is 2.17. The molecule has 0 atom stereocenters. The molecule has 0 aliphatic carbocycles. The fourth-order valence-electron chi connectivity index (χ4n) is 1.89. The van der Waals surface area contributed by atoms with E-state index in [0.29, 0.717) is 22.8 Å². The molecule has 4 N–H and O–H groups in total. The molecule has 0 bridgehead atoms. The Bertz CT molecular complexity index is 671. The third-order valence-corrected chi connectivity index (χ3v) is 3.29. The molecule has 0 saturated carbocycles. The monoisotopic (exact) mass is 317 g/mol. The number of anilines is 1. The number of nitrogens with two attached hydrogens (primary N) is 1. The second-order valence-electron chi connectivity index (χ2n) is 4.67. The number of amides is 2. The molecule has 6 heteroatoms. The largest absolute Gasteiger partial charge is 0.376 e. The summed E-state index contributed by atoms with van der Waals surface area (Å²) in [7, 11) is 0. The minimum Gasteiger partial charge on any atom is -0.376 e. The lowest BCUT2D eigenvalue weighted by Gasteiger charge is -2.10. The third kappa shape index (κ3) is 4.49. The molecule has 2 rings (SSSR count). The topological polar surface area (TPSA) is 84.2 Å². The van der Waals surface area contributed by atoms with Gasteiger partial charge in [-0.15, -0.1) is 0 Å². The van der Waals surface area contributed by atoms with Crippen LogP contribution in [-0.2, 0) is 11.3 Å². The number of halogens is 1. The summed E-state index contributed by atoms with van der Waals surface area (Å²) in [4.78, 5) is 23.1. The van der Waals surface area contributed by atoms with Crippen molar-refractivity contribution in [3.05, 3.63) is 64.7 Å². The number of primary amides is 1. The van der Waals surface area contributed by atoms with E-state index in [-0.39, 0.29) is 12.5 Å². The fraction of sp³-hybridized carbons (Fsp3) is 0.125. The van der Waals surface area contributed by atoms with Crippen molar-refractivity contribution in [2.24, 2.45) is 5.73 Å². The Hall–Kier alpha value is -2.53. The average Bonchev–Trinajstić information content (AvgIpc) is 2.52. The second kappa shape index (κ2) is 7.47. The van der Waals surface area contributed by atoms with Crippen molar-refractivity contribution in [2.75, 3.05) is 11.9 Å². The van der Waals surface area contributed by atoms with Gasteiger partial charge in [0.25, 0.3) is 5.91 Å². The summed E-state index contributed by atoms with van der Waals surface area (Å²) < 4.78 is 0. The van der Waals surface area contributed by atoms with Gasteiger partial charge in [0.15, 0.2) is 0 Å². The van der Waals surface area contributed by atoms with Crippen molar-refractivity contribution >= 4 is 29.1 Å². The van der Waals surface area contributed by atoms with Crippen LogP contribution in [-0.4, -0.2) is 18.4 Å². The van der Waals surface area contributed by atoms with E-state index in [1.807, 2.05) is 12.1 Å². The molecule has 2 aromatic rings. The Kier molecular flexibility index (Phi) is 5.38. The molecule has 22 heavy (non-hydrogen) atoms. The summed E-state index contributed by atoms with van der Waals surface area (Å²) in [5, 5.41) is 6.34. The van der Waals surface area contributed by atoms with Gasteiger partial charge in [-0.05, 0) is 29.8 Å². The van der Waals surface area contributed by atoms with Gasteiger partial charge in [-0.2, -0.15) is 0 Å². The number of hydrogen-bond acceptors (Lipinski definition) is 3. The average molecular weight is 318 g/mol. The van der Waals surface area contributed by atoms with Gasteiger partial charge < -0.3 is 16.4 Å². The van der Waals surface area contributed by atoms with Gasteiger partial charge in [0.2, 0.25) is 5.91 Å². The minimum atomic E-state index is -0.537. The Morgan fingerprint density at radius 2 is 1.73 bits per heavy atom. The molecule has 5 nitrogen and oxygen atoms in total. The lowest BCUT2D eigenvalue weighted by molar-refractivity contribution is -0.119. The Morgan fingerprint density at radius 1 is 1.05 bits per heavy atom. The lowest BCUT2D eigenvalue weighted by atomic mass is 10.1. The van der Waals surface area contributed by atoms with E-state index < -0.39 is 5.91 Å². The van der Waals surface area contributed by atoms with Gasteiger partial charge >= 0.3 is 0 Å². The summed E-state index contributed by atoms with van der Waals surface area (Å²) in [5.41, 5.74) is 7.12. The summed E-state index contributed by atoms with van der Waals surface area (Å²) in [5.74, 6) is -0.723. The van der Waals surface area contributed by atoms with E-state index in [1.54, 1.807) is 36.4 Å². The van der Waals surface area contributed by atoms with Gasteiger partial charge in [-0.1, -0.05) is 35.9 Å². The van der Waals surface area contributed by atoms with Crippen LogP contribution in [0.2, 0.25) is 5.02 Å². The molecule has 0 fully saturated rings. The zero-order chi connectivity index (χ0) is 15.9. The highest BCUT2D eigenvalue weighted by atomic mass is 35.5. The summed E-state index contributed by atoms with van der Waals surface area (Å²) >= 11 is 5.80. The van der Waals surface area contributed by atoms with Gasteiger partial charge in [0, 0.05) is 17.3 Å². The van der Waals surface area contributed by atoms with E-state index in [2.05, 4.69) is 10.6 Å². The minimum absolute atomic E-state index is 0.0535.